The molecule has 27 heavy (non-hydrogen) atoms. The van der Waals surface area contributed by atoms with Gasteiger partial charge in [0.1, 0.15) is 11.6 Å². The molecule has 1 aromatic carbocycles. The maximum Gasteiger partial charge on any atom is 0.216 e. The lowest BCUT2D eigenvalue weighted by Gasteiger charge is -2.09. The lowest BCUT2D eigenvalue weighted by Crippen LogP contribution is -2.36. The molecule has 2 heterocycles. The van der Waals surface area contributed by atoms with Crippen LogP contribution in [0, 0.1) is 20.8 Å². The van der Waals surface area contributed by atoms with Crippen LogP contribution < -0.4 is 10.6 Å². The van der Waals surface area contributed by atoms with Crippen molar-refractivity contribution in [3.8, 4) is 11.3 Å². The third-order valence-electron chi connectivity index (χ3n) is 4.09. The molecule has 0 aliphatic carbocycles. The van der Waals surface area contributed by atoms with Crippen LogP contribution in [0.15, 0.2) is 39.9 Å². The van der Waals surface area contributed by atoms with Gasteiger partial charge in [0.2, 0.25) is 5.89 Å². The zero-order valence-electron chi connectivity index (χ0n) is 16.2. The van der Waals surface area contributed by atoms with Crippen LogP contribution in [0.2, 0.25) is 0 Å². The number of aromatic nitrogens is 2. The molecule has 0 unspecified atom stereocenters. The normalized spacial score (nSPS) is 11.6. The highest BCUT2D eigenvalue weighted by Gasteiger charge is 2.08. The van der Waals surface area contributed by atoms with E-state index in [1.165, 1.54) is 10.4 Å². The lowest BCUT2D eigenvalue weighted by atomic mass is 10.1. The summed E-state index contributed by atoms with van der Waals surface area (Å²) in [5, 5.41) is 7.59. The second-order valence-corrected chi connectivity index (χ2v) is 7.57. The van der Waals surface area contributed by atoms with Crippen molar-refractivity contribution in [1.82, 2.24) is 20.6 Å². The van der Waals surface area contributed by atoms with Gasteiger partial charge in [0, 0.05) is 17.0 Å². The standard InChI is InChI=1S/C20H25N5OS/c1-5-21-20(24-12-19-25-14(3)15(4)27-19)23-11-18-22-10-17(26-18)16-8-6-13(2)7-9-16/h6-10H,5,11-12H2,1-4H3,(H2,21,23,24). The van der Waals surface area contributed by atoms with Crippen molar-refractivity contribution < 1.29 is 4.42 Å². The molecule has 7 heteroatoms. The van der Waals surface area contributed by atoms with Gasteiger partial charge in [-0.2, -0.15) is 0 Å². The third-order valence-corrected chi connectivity index (χ3v) is 5.16. The van der Waals surface area contributed by atoms with Crippen molar-refractivity contribution in [3.05, 3.63) is 57.5 Å². The van der Waals surface area contributed by atoms with Gasteiger partial charge in [-0.1, -0.05) is 29.8 Å². The van der Waals surface area contributed by atoms with Crippen LogP contribution in [0.3, 0.4) is 0 Å². The van der Waals surface area contributed by atoms with E-state index < -0.39 is 0 Å². The SMILES string of the molecule is CCNC(=NCc1ncc(-c2ccc(C)cc2)o1)NCc1nc(C)c(C)s1. The number of nitrogens with zero attached hydrogens (tertiary/aromatic N) is 3. The molecule has 0 amide bonds. The van der Waals surface area contributed by atoms with Crippen LogP contribution in [0.4, 0.5) is 0 Å². The Labute approximate surface area is 163 Å². The third kappa shape index (κ3) is 5.17. The predicted octanol–water partition coefficient (Wildman–Crippen LogP) is 3.98. The Hall–Kier alpha value is -2.67. The number of rotatable bonds is 6. The lowest BCUT2D eigenvalue weighted by molar-refractivity contribution is 0.509. The monoisotopic (exact) mass is 383 g/mol. The predicted molar refractivity (Wildman–Crippen MR) is 110 cm³/mol. The molecule has 0 bridgehead atoms. The van der Waals surface area contributed by atoms with Crippen LogP contribution in [-0.2, 0) is 13.1 Å². The summed E-state index contributed by atoms with van der Waals surface area (Å²) in [6, 6.07) is 8.19. The highest BCUT2D eigenvalue weighted by molar-refractivity contribution is 7.11. The number of benzene rings is 1. The molecule has 6 nitrogen and oxygen atoms in total. The summed E-state index contributed by atoms with van der Waals surface area (Å²) in [6.07, 6.45) is 1.75. The Morgan fingerprint density at radius 2 is 1.93 bits per heavy atom. The second kappa shape index (κ2) is 8.81. The van der Waals surface area contributed by atoms with Crippen LogP contribution in [0.5, 0.6) is 0 Å². The number of aliphatic imine (C=N–C) groups is 1. The van der Waals surface area contributed by atoms with E-state index in [1.807, 2.05) is 26.0 Å². The fraction of sp³-hybridized carbons (Fsp3) is 0.350. The molecule has 0 atom stereocenters. The van der Waals surface area contributed by atoms with Gasteiger partial charge in [0.05, 0.1) is 18.4 Å². The summed E-state index contributed by atoms with van der Waals surface area (Å²) in [5.41, 5.74) is 3.32. The fourth-order valence-electron chi connectivity index (χ4n) is 2.50. The van der Waals surface area contributed by atoms with E-state index in [0.717, 1.165) is 34.5 Å². The van der Waals surface area contributed by atoms with E-state index >= 15 is 0 Å². The van der Waals surface area contributed by atoms with E-state index in [-0.39, 0.29) is 0 Å². The maximum absolute atomic E-state index is 5.84. The average molecular weight is 384 g/mol. The molecule has 0 saturated carbocycles. The van der Waals surface area contributed by atoms with Gasteiger partial charge >= 0.3 is 0 Å². The quantitative estimate of drug-likeness (QED) is 0.497. The molecule has 0 saturated heterocycles. The van der Waals surface area contributed by atoms with Crippen molar-refractivity contribution in [2.45, 2.75) is 40.8 Å². The van der Waals surface area contributed by atoms with Gasteiger partial charge in [-0.3, -0.25) is 0 Å². The molecule has 3 aromatic rings. The van der Waals surface area contributed by atoms with E-state index in [9.17, 15) is 0 Å². The molecule has 0 aliphatic rings. The number of hydrogen-bond acceptors (Lipinski definition) is 5. The molecule has 2 N–H and O–H groups in total. The van der Waals surface area contributed by atoms with Gasteiger partial charge < -0.3 is 15.1 Å². The summed E-state index contributed by atoms with van der Waals surface area (Å²) in [6.45, 7) is 10.0. The zero-order valence-corrected chi connectivity index (χ0v) is 17.0. The first-order valence-electron chi connectivity index (χ1n) is 9.02. The molecule has 0 radical (unpaired) electrons. The number of hydrogen-bond donors (Lipinski definition) is 2. The first kappa shape index (κ1) is 19.1. The molecular weight excluding hydrogens is 358 g/mol. The molecule has 3 rings (SSSR count). The number of oxazole rings is 1. The molecule has 0 aliphatic heterocycles. The highest BCUT2D eigenvalue weighted by Crippen LogP contribution is 2.21. The van der Waals surface area contributed by atoms with Crippen LogP contribution >= 0.6 is 11.3 Å². The largest absolute Gasteiger partial charge is 0.439 e. The summed E-state index contributed by atoms with van der Waals surface area (Å²) in [4.78, 5) is 14.7. The highest BCUT2D eigenvalue weighted by atomic mass is 32.1. The Morgan fingerprint density at radius 3 is 2.59 bits per heavy atom. The van der Waals surface area contributed by atoms with Crippen molar-refractivity contribution in [2.24, 2.45) is 4.99 Å². The van der Waals surface area contributed by atoms with Crippen LogP contribution in [-0.4, -0.2) is 22.5 Å². The number of aryl methyl sites for hydroxylation is 3. The Balaban J connectivity index is 1.63. The topological polar surface area (TPSA) is 75.3 Å². The fourth-order valence-corrected chi connectivity index (χ4v) is 3.37. The molecular formula is C20H25N5OS. The molecule has 0 spiro atoms. The van der Waals surface area contributed by atoms with Gasteiger partial charge in [-0.05, 0) is 27.7 Å². The van der Waals surface area contributed by atoms with Gasteiger partial charge in [0.15, 0.2) is 11.7 Å². The van der Waals surface area contributed by atoms with Gasteiger partial charge in [-0.25, -0.2) is 15.0 Å². The van der Waals surface area contributed by atoms with Crippen molar-refractivity contribution in [3.63, 3.8) is 0 Å². The molecule has 0 fully saturated rings. The minimum Gasteiger partial charge on any atom is -0.439 e. The number of guanidine groups is 1. The van der Waals surface area contributed by atoms with E-state index in [4.69, 9.17) is 4.42 Å². The molecule has 2 aromatic heterocycles. The van der Waals surface area contributed by atoms with Crippen LogP contribution in [0.1, 0.15) is 34.0 Å². The Bertz CT molecular complexity index is 891. The average Bonchev–Trinajstić information content (AvgIpc) is 3.25. The minimum absolute atomic E-state index is 0.372. The Kier molecular flexibility index (Phi) is 6.24. The minimum atomic E-state index is 0.372. The molecule has 142 valence electrons. The Morgan fingerprint density at radius 1 is 1.15 bits per heavy atom. The van der Waals surface area contributed by atoms with Crippen LogP contribution in [0.25, 0.3) is 11.3 Å². The first-order valence-corrected chi connectivity index (χ1v) is 9.83. The number of thiazole rings is 1. The van der Waals surface area contributed by atoms with Crippen molar-refractivity contribution in [2.75, 3.05) is 6.54 Å². The van der Waals surface area contributed by atoms with Crippen molar-refractivity contribution >= 4 is 17.3 Å². The van der Waals surface area contributed by atoms with Crippen molar-refractivity contribution in [1.29, 1.82) is 0 Å². The first-order chi connectivity index (χ1) is 13.0. The smallest absolute Gasteiger partial charge is 0.216 e. The maximum atomic E-state index is 5.84. The van der Waals surface area contributed by atoms with E-state index in [0.29, 0.717) is 19.0 Å². The summed E-state index contributed by atoms with van der Waals surface area (Å²) in [7, 11) is 0. The summed E-state index contributed by atoms with van der Waals surface area (Å²) >= 11 is 1.70. The summed E-state index contributed by atoms with van der Waals surface area (Å²) < 4.78 is 5.84. The summed E-state index contributed by atoms with van der Waals surface area (Å²) in [5.74, 6) is 2.06. The second-order valence-electron chi connectivity index (χ2n) is 6.28. The van der Waals surface area contributed by atoms with E-state index in [2.05, 4.69) is 51.6 Å². The zero-order chi connectivity index (χ0) is 19.2. The number of nitrogens with one attached hydrogen (secondary N) is 2. The van der Waals surface area contributed by atoms with Gasteiger partial charge in [-0.15, -0.1) is 11.3 Å². The van der Waals surface area contributed by atoms with Gasteiger partial charge in [0.25, 0.3) is 0 Å². The van der Waals surface area contributed by atoms with E-state index in [1.54, 1.807) is 17.5 Å².